The van der Waals surface area contributed by atoms with Crippen LogP contribution in [0.4, 0.5) is 13.2 Å². The van der Waals surface area contributed by atoms with E-state index in [2.05, 4.69) is 10.3 Å². The summed E-state index contributed by atoms with van der Waals surface area (Å²) in [5.74, 6) is -0.673. The number of benzene rings is 1. The van der Waals surface area contributed by atoms with Crippen LogP contribution < -0.4 is 10.6 Å². The number of aromatic nitrogens is 3. The lowest BCUT2D eigenvalue weighted by atomic mass is 10.1. The molecule has 0 saturated carbocycles. The molecule has 5 rings (SSSR count). The van der Waals surface area contributed by atoms with Crippen LogP contribution >= 0.6 is 11.3 Å². The molecule has 0 radical (unpaired) electrons. The quantitative estimate of drug-likeness (QED) is 0.462. The molecule has 0 atom stereocenters. The number of nitrogens with zero attached hydrogens (tertiary/aromatic N) is 3. The first-order valence-corrected chi connectivity index (χ1v) is 11.3. The third-order valence-corrected chi connectivity index (χ3v) is 6.58. The van der Waals surface area contributed by atoms with Crippen molar-refractivity contribution in [2.24, 2.45) is 0 Å². The number of pyridine rings is 1. The molecule has 0 unspecified atom stereocenters. The van der Waals surface area contributed by atoms with Crippen LogP contribution in [0, 0.1) is 0 Å². The van der Waals surface area contributed by atoms with E-state index in [4.69, 9.17) is 4.98 Å². The second kappa shape index (κ2) is 8.60. The highest BCUT2D eigenvalue weighted by Gasteiger charge is 2.27. The Morgan fingerprint density at radius 3 is 2.91 bits per heavy atom. The van der Waals surface area contributed by atoms with E-state index in [9.17, 15) is 18.0 Å². The predicted octanol–water partition coefficient (Wildman–Crippen LogP) is 3.99. The summed E-state index contributed by atoms with van der Waals surface area (Å²) >= 11 is 1.69. The van der Waals surface area contributed by atoms with Crippen LogP contribution in [-0.2, 0) is 24.2 Å². The lowest BCUT2D eigenvalue weighted by Gasteiger charge is -2.09. The molecule has 0 fully saturated rings. The number of alkyl halides is 3. The molecule has 33 heavy (non-hydrogen) atoms. The molecule has 2 N–H and O–H groups in total. The summed E-state index contributed by atoms with van der Waals surface area (Å²) in [5, 5.41) is 6.24. The zero-order valence-electron chi connectivity index (χ0n) is 17.4. The molecule has 0 aliphatic carbocycles. The normalized spacial score (nSPS) is 13.8. The molecule has 1 amide bonds. The van der Waals surface area contributed by atoms with Crippen LogP contribution in [0.15, 0.2) is 48.8 Å². The molecule has 0 spiro atoms. The Kier molecular flexibility index (Phi) is 5.63. The Balaban J connectivity index is 1.38. The average molecular weight is 472 g/mol. The average Bonchev–Trinajstić information content (AvgIpc) is 3.41. The summed E-state index contributed by atoms with van der Waals surface area (Å²) in [6.07, 6.45) is 0.0648. The number of thiazole rings is 1. The molecule has 0 saturated heterocycles. The van der Waals surface area contributed by atoms with Gasteiger partial charge in [0.05, 0.1) is 24.0 Å². The van der Waals surface area contributed by atoms with Crippen molar-refractivity contribution < 1.29 is 18.0 Å². The van der Waals surface area contributed by atoms with Gasteiger partial charge in [-0.15, -0.1) is 11.3 Å². The molecule has 4 heterocycles. The first-order chi connectivity index (χ1) is 15.9. The van der Waals surface area contributed by atoms with Gasteiger partial charge in [0.25, 0.3) is 0 Å². The highest BCUT2D eigenvalue weighted by Crippen LogP contribution is 2.31. The van der Waals surface area contributed by atoms with Crippen LogP contribution in [0.25, 0.3) is 27.5 Å². The van der Waals surface area contributed by atoms with E-state index in [1.54, 1.807) is 35.7 Å². The van der Waals surface area contributed by atoms with Crippen molar-refractivity contribution >= 4 is 22.9 Å². The summed E-state index contributed by atoms with van der Waals surface area (Å²) in [5.41, 5.74) is 5.22. The maximum absolute atomic E-state index is 12.3. The molecule has 1 aromatic carbocycles. The lowest BCUT2D eigenvalue weighted by Crippen LogP contribution is -2.34. The fourth-order valence-corrected chi connectivity index (χ4v) is 4.94. The first kappa shape index (κ1) is 21.6. The van der Waals surface area contributed by atoms with Gasteiger partial charge in [-0.25, -0.2) is 9.97 Å². The van der Waals surface area contributed by atoms with Crippen molar-refractivity contribution in [1.29, 1.82) is 0 Å². The van der Waals surface area contributed by atoms with Gasteiger partial charge in [0, 0.05) is 41.7 Å². The van der Waals surface area contributed by atoms with E-state index < -0.39 is 18.6 Å². The number of imidazole rings is 1. The zero-order valence-corrected chi connectivity index (χ0v) is 18.3. The van der Waals surface area contributed by atoms with E-state index in [-0.39, 0.29) is 6.42 Å². The number of amides is 1. The predicted molar refractivity (Wildman–Crippen MR) is 120 cm³/mol. The summed E-state index contributed by atoms with van der Waals surface area (Å²) < 4.78 is 38.9. The number of halogens is 3. The van der Waals surface area contributed by atoms with Crippen LogP contribution in [0.1, 0.15) is 16.1 Å². The molecule has 0 bridgehead atoms. The molecule has 4 aromatic rings. The van der Waals surface area contributed by atoms with E-state index in [1.165, 1.54) is 4.88 Å². The summed E-state index contributed by atoms with van der Waals surface area (Å²) in [6, 6.07) is 11.2. The fraction of sp³-hybridized carbons (Fsp3) is 0.261. The highest BCUT2D eigenvalue weighted by atomic mass is 32.1. The number of carbonyl (C=O) groups excluding carboxylic acids is 1. The van der Waals surface area contributed by atoms with Gasteiger partial charge < -0.3 is 10.6 Å². The third kappa shape index (κ3) is 4.76. The van der Waals surface area contributed by atoms with Gasteiger partial charge in [0.15, 0.2) is 0 Å². The standard InChI is InChI=1S/C23H20F3N5OS/c24-23(25,26)13-29-21(32)9-14-2-1-3-15(8-14)18-11-28-20-10-16(5-7-31(18)20)22-30-17-4-6-27-12-19(17)33-22/h1-3,5,7-8,10-11,27H,4,6,9,12-13H2,(H,29,32). The van der Waals surface area contributed by atoms with Crippen molar-refractivity contribution in [3.8, 4) is 21.8 Å². The van der Waals surface area contributed by atoms with Crippen molar-refractivity contribution in [3.63, 3.8) is 0 Å². The SMILES string of the molecule is O=C(Cc1cccc(-c2cnc3cc(-c4nc5c(s4)CNCC5)ccn23)c1)NCC(F)(F)F. The van der Waals surface area contributed by atoms with Gasteiger partial charge in [-0.1, -0.05) is 18.2 Å². The van der Waals surface area contributed by atoms with Crippen molar-refractivity contribution in [2.75, 3.05) is 13.1 Å². The number of rotatable bonds is 5. The van der Waals surface area contributed by atoms with E-state index in [0.29, 0.717) is 5.56 Å². The molecule has 10 heteroatoms. The minimum absolute atomic E-state index is 0.131. The molecular formula is C23H20F3N5OS. The van der Waals surface area contributed by atoms with E-state index in [0.717, 1.165) is 52.7 Å². The topological polar surface area (TPSA) is 71.3 Å². The summed E-state index contributed by atoms with van der Waals surface area (Å²) in [4.78, 5) is 22.5. The molecule has 1 aliphatic rings. The largest absolute Gasteiger partial charge is 0.405 e. The van der Waals surface area contributed by atoms with Gasteiger partial charge in [-0.2, -0.15) is 13.2 Å². The number of nitrogens with one attached hydrogen (secondary N) is 2. The van der Waals surface area contributed by atoms with Crippen LogP contribution in [0.5, 0.6) is 0 Å². The third-order valence-electron chi connectivity index (χ3n) is 5.44. The first-order valence-electron chi connectivity index (χ1n) is 10.5. The van der Waals surface area contributed by atoms with Crippen molar-refractivity contribution in [3.05, 3.63) is 64.9 Å². The molecule has 1 aliphatic heterocycles. The number of hydrogen-bond acceptors (Lipinski definition) is 5. The maximum Gasteiger partial charge on any atom is 0.405 e. The summed E-state index contributed by atoms with van der Waals surface area (Å²) in [6.45, 7) is 0.467. The highest BCUT2D eigenvalue weighted by molar-refractivity contribution is 7.15. The molecule has 3 aromatic heterocycles. The zero-order chi connectivity index (χ0) is 23.0. The number of carbonyl (C=O) groups is 1. The Bertz CT molecular complexity index is 1300. The number of hydrogen-bond donors (Lipinski definition) is 2. The minimum Gasteiger partial charge on any atom is -0.347 e. The maximum atomic E-state index is 12.3. The smallest absolute Gasteiger partial charge is 0.347 e. The molecule has 170 valence electrons. The van der Waals surface area contributed by atoms with Gasteiger partial charge in [0.2, 0.25) is 5.91 Å². The van der Waals surface area contributed by atoms with Crippen LogP contribution in [0.3, 0.4) is 0 Å². The van der Waals surface area contributed by atoms with Crippen LogP contribution in [-0.4, -0.2) is 39.5 Å². The van der Waals surface area contributed by atoms with Gasteiger partial charge in [0.1, 0.15) is 17.2 Å². The second-order valence-electron chi connectivity index (χ2n) is 7.87. The van der Waals surface area contributed by atoms with Crippen molar-refractivity contribution in [1.82, 2.24) is 25.0 Å². The summed E-state index contributed by atoms with van der Waals surface area (Å²) in [7, 11) is 0. The Morgan fingerprint density at radius 2 is 2.09 bits per heavy atom. The molecular weight excluding hydrogens is 451 g/mol. The lowest BCUT2D eigenvalue weighted by molar-refractivity contribution is -0.138. The van der Waals surface area contributed by atoms with Crippen LogP contribution in [0.2, 0.25) is 0 Å². The fourth-order valence-electron chi connectivity index (χ4n) is 3.86. The van der Waals surface area contributed by atoms with Crippen molar-refractivity contribution in [2.45, 2.75) is 25.6 Å². The Morgan fingerprint density at radius 1 is 1.21 bits per heavy atom. The molecule has 6 nitrogen and oxygen atoms in total. The minimum atomic E-state index is -4.43. The Labute approximate surface area is 191 Å². The van der Waals surface area contributed by atoms with E-state index in [1.807, 2.05) is 34.1 Å². The Hall–Kier alpha value is -3.24. The monoisotopic (exact) mass is 471 g/mol. The number of fused-ring (bicyclic) bond motifs is 2. The van der Waals surface area contributed by atoms with Gasteiger partial charge in [-0.3, -0.25) is 9.20 Å². The van der Waals surface area contributed by atoms with E-state index >= 15 is 0 Å². The van der Waals surface area contributed by atoms with Gasteiger partial charge in [-0.05, 0) is 23.8 Å². The second-order valence-corrected chi connectivity index (χ2v) is 8.96. The van der Waals surface area contributed by atoms with Gasteiger partial charge >= 0.3 is 6.18 Å².